The summed E-state index contributed by atoms with van der Waals surface area (Å²) in [4.78, 5) is 11.9. The number of hydrogen-bond acceptors (Lipinski definition) is 3. The quantitative estimate of drug-likeness (QED) is 0.748. The zero-order chi connectivity index (χ0) is 16.1. The van der Waals surface area contributed by atoms with E-state index in [4.69, 9.17) is 16.3 Å². The zero-order valence-corrected chi connectivity index (χ0v) is 13.0. The summed E-state index contributed by atoms with van der Waals surface area (Å²) >= 11 is 6.01. The molecule has 0 fully saturated rings. The molecule has 116 valence electrons. The number of aryl methyl sites for hydroxylation is 1. The van der Waals surface area contributed by atoms with Gasteiger partial charge >= 0.3 is 6.03 Å². The van der Waals surface area contributed by atoms with Crippen LogP contribution < -0.4 is 15.4 Å². The van der Waals surface area contributed by atoms with E-state index in [-0.39, 0.29) is 5.75 Å². The number of urea groups is 1. The molecule has 0 aliphatic carbocycles. The first kappa shape index (κ1) is 16.0. The fourth-order valence-corrected chi connectivity index (χ4v) is 1.96. The number of benzene rings is 2. The van der Waals surface area contributed by atoms with Crippen molar-refractivity contribution in [3.63, 3.8) is 0 Å². The van der Waals surface area contributed by atoms with E-state index in [2.05, 4.69) is 10.6 Å². The highest BCUT2D eigenvalue weighted by Crippen LogP contribution is 2.20. The normalized spacial score (nSPS) is 11.6. The summed E-state index contributed by atoms with van der Waals surface area (Å²) in [6.07, 6.45) is -0.537. The molecule has 0 aromatic heterocycles. The fourth-order valence-electron chi connectivity index (χ4n) is 1.78. The Morgan fingerprint density at radius 1 is 1.23 bits per heavy atom. The van der Waals surface area contributed by atoms with Crippen LogP contribution in [0.5, 0.6) is 11.5 Å². The number of halogens is 1. The summed E-state index contributed by atoms with van der Waals surface area (Å²) in [7, 11) is 0. The Kier molecular flexibility index (Phi) is 5.12. The van der Waals surface area contributed by atoms with Crippen molar-refractivity contribution in [3.8, 4) is 11.5 Å². The zero-order valence-electron chi connectivity index (χ0n) is 12.3. The topological polar surface area (TPSA) is 70.6 Å². The molecule has 3 N–H and O–H groups in total. The third kappa shape index (κ3) is 4.56. The minimum atomic E-state index is -0.537. The van der Waals surface area contributed by atoms with Gasteiger partial charge in [0.2, 0.25) is 0 Å². The van der Waals surface area contributed by atoms with Crippen LogP contribution in [0.25, 0.3) is 0 Å². The van der Waals surface area contributed by atoms with Crippen LogP contribution in [0.1, 0.15) is 12.5 Å². The number of carbonyl (C=O) groups excluding carboxylic acids is 1. The number of hydrogen-bond donors (Lipinski definition) is 3. The Morgan fingerprint density at radius 2 is 1.91 bits per heavy atom. The molecule has 2 amide bonds. The fraction of sp³-hybridized carbons (Fsp3) is 0.188. The molecule has 0 bridgehead atoms. The molecule has 6 heteroatoms. The number of ether oxygens (including phenoxy) is 1. The van der Waals surface area contributed by atoms with Gasteiger partial charge in [-0.2, -0.15) is 0 Å². The van der Waals surface area contributed by atoms with Gasteiger partial charge in [0, 0.05) is 10.7 Å². The Bertz CT molecular complexity index is 659. The van der Waals surface area contributed by atoms with E-state index < -0.39 is 12.3 Å². The molecule has 0 saturated carbocycles. The summed E-state index contributed by atoms with van der Waals surface area (Å²) in [5.74, 6) is 0.700. The van der Waals surface area contributed by atoms with Gasteiger partial charge in [-0.3, -0.25) is 0 Å². The molecule has 1 atom stereocenters. The van der Waals surface area contributed by atoms with Crippen molar-refractivity contribution < 1.29 is 14.6 Å². The maximum Gasteiger partial charge on any atom is 0.322 e. The van der Waals surface area contributed by atoms with Gasteiger partial charge in [-0.05, 0) is 55.8 Å². The molecule has 1 unspecified atom stereocenters. The van der Waals surface area contributed by atoms with Gasteiger partial charge in [-0.25, -0.2) is 4.79 Å². The lowest BCUT2D eigenvalue weighted by atomic mass is 10.2. The third-order valence-corrected chi connectivity index (χ3v) is 3.32. The van der Waals surface area contributed by atoms with Crippen molar-refractivity contribution >= 4 is 23.3 Å². The Hall–Kier alpha value is -2.40. The van der Waals surface area contributed by atoms with E-state index in [1.807, 2.05) is 13.0 Å². The van der Waals surface area contributed by atoms with Crippen molar-refractivity contribution in [2.24, 2.45) is 0 Å². The highest BCUT2D eigenvalue weighted by Gasteiger charge is 2.09. The van der Waals surface area contributed by atoms with Gasteiger partial charge in [0.15, 0.2) is 6.23 Å². The van der Waals surface area contributed by atoms with Gasteiger partial charge < -0.3 is 20.5 Å². The van der Waals surface area contributed by atoms with Crippen LogP contribution in [0.2, 0.25) is 5.02 Å². The number of carbonyl (C=O) groups is 1. The predicted octanol–water partition coefficient (Wildman–Crippen LogP) is 3.90. The van der Waals surface area contributed by atoms with Crippen molar-refractivity contribution in [2.45, 2.75) is 20.1 Å². The van der Waals surface area contributed by atoms with E-state index in [0.717, 1.165) is 5.56 Å². The molecule has 0 aliphatic rings. The van der Waals surface area contributed by atoms with Crippen molar-refractivity contribution in [3.05, 3.63) is 53.1 Å². The lowest BCUT2D eigenvalue weighted by molar-refractivity contribution is 0.183. The average molecular weight is 321 g/mol. The number of phenolic OH excluding ortho intramolecular Hbond substituents is 1. The van der Waals surface area contributed by atoms with E-state index >= 15 is 0 Å². The minimum absolute atomic E-state index is 0.155. The molecule has 0 heterocycles. The Morgan fingerprint density at radius 3 is 2.55 bits per heavy atom. The maximum atomic E-state index is 11.9. The summed E-state index contributed by atoms with van der Waals surface area (Å²) < 4.78 is 5.51. The molecule has 2 aromatic carbocycles. The number of nitrogens with one attached hydrogen (secondary N) is 2. The van der Waals surface area contributed by atoms with Crippen molar-refractivity contribution in [1.29, 1.82) is 0 Å². The molecule has 5 nitrogen and oxygen atoms in total. The minimum Gasteiger partial charge on any atom is -0.508 e. The summed E-state index contributed by atoms with van der Waals surface area (Å²) in [6.45, 7) is 3.59. The lowest BCUT2D eigenvalue weighted by Crippen LogP contribution is -2.39. The number of amides is 2. The molecule has 0 spiro atoms. The molecule has 0 radical (unpaired) electrons. The van der Waals surface area contributed by atoms with E-state index in [1.54, 1.807) is 31.2 Å². The van der Waals surface area contributed by atoms with Gasteiger partial charge in [0.25, 0.3) is 0 Å². The van der Waals surface area contributed by atoms with Crippen LogP contribution >= 0.6 is 11.6 Å². The molecular weight excluding hydrogens is 304 g/mol. The highest BCUT2D eigenvalue weighted by atomic mass is 35.5. The van der Waals surface area contributed by atoms with E-state index in [9.17, 15) is 9.90 Å². The standard InChI is InChI=1S/C16H17ClN2O3/c1-10-3-4-12(9-15(10)17)19-16(21)18-11(2)22-14-7-5-13(20)6-8-14/h3-9,11,20H,1-2H3,(H2,18,19,21). The van der Waals surface area contributed by atoms with Crippen LogP contribution in [-0.4, -0.2) is 17.4 Å². The Labute approximate surface area is 133 Å². The molecule has 2 rings (SSSR count). The van der Waals surface area contributed by atoms with Gasteiger partial charge in [0.05, 0.1) is 0 Å². The van der Waals surface area contributed by atoms with E-state index in [0.29, 0.717) is 16.5 Å². The Balaban J connectivity index is 1.88. The first-order valence-electron chi connectivity index (χ1n) is 6.73. The van der Waals surface area contributed by atoms with Crippen LogP contribution in [-0.2, 0) is 0 Å². The summed E-state index contributed by atoms with van der Waals surface area (Å²) in [6, 6.07) is 11.1. The second-order valence-corrected chi connectivity index (χ2v) is 5.22. The molecule has 0 saturated heterocycles. The van der Waals surface area contributed by atoms with Crippen LogP contribution in [0.4, 0.5) is 10.5 Å². The second kappa shape index (κ2) is 7.04. The number of anilines is 1. The number of aromatic hydroxyl groups is 1. The molecule has 0 aliphatic heterocycles. The van der Waals surface area contributed by atoms with Crippen LogP contribution in [0.3, 0.4) is 0 Å². The maximum absolute atomic E-state index is 11.9. The molecule has 2 aromatic rings. The first-order chi connectivity index (χ1) is 10.4. The van der Waals surface area contributed by atoms with Gasteiger partial charge in [-0.1, -0.05) is 17.7 Å². The third-order valence-electron chi connectivity index (χ3n) is 2.91. The van der Waals surface area contributed by atoms with Crippen molar-refractivity contribution in [2.75, 3.05) is 5.32 Å². The van der Waals surface area contributed by atoms with Crippen LogP contribution in [0.15, 0.2) is 42.5 Å². The second-order valence-electron chi connectivity index (χ2n) is 4.82. The average Bonchev–Trinajstić information content (AvgIpc) is 2.45. The largest absolute Gasteiger partial charge is 0.508 e. The predicted molar refractivity (Wildman–Crippen MR) is 86.5 cm³/mol. The summed E-state index contributed by atoms with van der Waals surface area (Å²) in [5, 5.41) is 15.1. The first-order valence-corrected chi connectivity index (χ1v) is 7.11. The summed E-state index contributed by atoms with van der Waals surface area (Å²) in [5.41, 5.74) is 1.54. The van der Waals surface area contributed by atoms with Gasteiger partial charge in [0.1, 0.15) is 11.5 Å². The van der Waals surface area contributed by atoms with E-state index in [1.165, 1.54) is 12.1 Å². The number of rotatable bonds is 4. The van der Waals surface area contributed by atoms with Gasteiger partial charge in [-0.15, -0.1) is 0 Å². The monoisotopic (exact) mass is 320 g/mol. The highest BCUT2D eigenvalue weighted by molar-refractivity contribution is 6.31. The number of phenols is 1. The molecular formula is C16H17ClN2O3. The van der Waals surface area contributed by atoms with Crippen molar-refractivity contribution in [1.82, 2.24) is 5.32 Å². The smallest absolute Gasteiger partial charge is 0.322 e. The molecule has 22 heavy (non-hydrogen) atoms. The van der Waals surface area contributed by atoms with Crippen LogP contribution in [0, 0.1) is 6.92 Å². The lowest BCUT2D eigenvalue weighted by Gasteiger charge is -2.17. The SMILES string of the molecule is Cc1ccc(NC(=O)NC(C)Oc2ccc(O)cc2)cc1Cl.